The van der Waals surface area contributed by atoms with Gasteiger partial charge in [-0.15, -0.1) is 0 Å². The lowest BCUT2D eigenvalue weighted by molar-refractivity contribution is -0.129. The van der Waals surface area contributed by atoms with Gasteiger partial charge >= 0.3 is 0 Å². The molecule has 2 bridgehead atoms. The molecule has 1 saturated carbocycles. The zero-order chi connectivity index (χ0) is 11.6. The van der Waals surface area contributed by atoms with Crippen LogP contribution in [0.5, 0.6) is 0 Å². The van der Waals surface area contributed by atoms with Crippen LogP contribution < -0.4 is 5.73 Å². The molecule has 1 fully saturated rings. The minimum atomic E-state index is -0.187. The molecule has 0 radical (unpaired) electrons. The molecule has 2 aliphatic carbocycles. The molecule has 0 saturated heterocycles. The van der Waals surface area contributed by atoms with Crippen LogP contribution in [0.15, 0.2) is 12.2 Å². The Morgan fingerprint density at radius 2 is 2.19 bits per heavy atom. The van der Waals surface area contributed by atoms with Gasteiger partial charge in [-0.3, -0.25) is 4.79 Å². The van der Waals surface area contributed by atoms with E-state index in [-0.39, 0.29) is 11.3 Å². The molecule has 0 aromatic heterocycles. The Morgan fingerprint density at radius 3 is 2.69 bits per heavy atom. The fourth-order valence-electron chi connectivity index (χ4n) is 3.52. The summed E-state index contributed by atoms with van der Waals surface area (Å²) in [4.78, 5) is 11.8. The number of allylic oxidation sites excluding steroid dienone is 2. The van der Waals surface area contributed by atoms with Crippen molar-refractivity contribution >= 4 is 5.91 Å². The molecule has 2 rings (SSSR count). The molecule has 90 valence electrons. The van der Waals surface area contributed by atoms with Gasteiger partial charge in [0.1, 0.15) is 0 Å². The number of nitrogens with two attached hydrogens (primary N) is 1. The summed E-state index contributed by atoms with van der Waals surface area (Å²) in [6.45, 7) is 2.21. The highest BCUT2D eigenvalue weighted by Crippen LogP contribution is 2.54. The number of carbonyl (C=O) groups excluding carboxylic acids is 1. The Balaban J connectivity index is 1.96. The van der Waals surface area contributed by atoms with E-state index in [2.05, 4.69) is 19.1 Å². The number of fused-ring (bicyclic) bond motifs is 2. The smallest absolute Gasteiger partial charge is 0.224 e. The SMILES string of the molecule is CCCCCCC1(C(N)=O)CC2C=CC1C2. The van der Waals surface area contributed by atoms with E-state index in [4.69, 9.17) is 5.73 Å². The van der Waals surface area contributed by atoms with Crippen molar-refractivity contribution in [3.05, 3.63) is 12.2 Å². The first-order chi connectivity index (χ1) is 7.69. The highest BCUT2D eigenvalue weighted by atomic mass is 16.1. The zero-order valence-electron chi connectivity index (χ0n) is 10.2. The van der Waals surface area contributed by atoms with Crippen LogP contribution in [-0.4, -0.2) is 5.91 Å². The first-order valence-electron chi connectivity index (χ1n) is 6.67. The van der Waals surface area contributed by atoms with Gasteiger partial charge in [-0.2, -0.15) is 0 Å². The highest BCUT2D eigenvalue weighted by Gasteiger charge is 2.51. The van der Waals surface area contributed by atoms with Crippen molar-refractivity contribution in [1.82, 2.24) is 0 Å². The van der Waals surface area contributed by atoms with Crippen LogP contribution in [0.3, 0.4) is 0 Å². The molecule has 0 aromatic carbocycles. The average Bonchev–Trinajstić information content (AvgIpc) is 2.84. The molecule has 0 heterocycles. The standard InChI is InChI=1S/C14H23NO/c1-2-3-4-5-8-14(13(15)16)10-11-6-7-12(14)9-11/h6-7,11-12H,2-5,8-10H2,1H3,(H2,15,16). The lowest BCUT2D eigenvalue weighted by Gasteiger charge is -2.32. The van der Waals surface area contributed by atoms with Crippen molar-refractivity contribution in [2.24, 2.45) is 23.0 Å². The minimum Gasteiger partial charge on any atom is -0.369 e. The molecule has 1 amide bonds. The molecule has 2 aliphatic rings. The fourth-order valence-corrected chi connectivity index (χ4v) is 3.52. The van der Waals surface area contributed by atoms with Crippen LogP contribution in [-0.2, 0) is 4.79 Å². The number of hydrogen-bond acceptors (Lipinski definition) is 1. The molecule has 0 aromatic rings. The summed E-state index contributed by atoms with van der Waals surface area (Å²) in [5.74, 6) is 1.01. The fraction of sp³-hybridized carbons (Fsp3) is 0.786. The third kappa shape index (κ3) is 1.90. The van der Waals surface area contributed by atoms with Gasteiger partial charge in [0, 0.05) is 0 Å². The summed E-state index contributed by atoms with van der Waals surface area (Å²) < 4.78 is 0. The van der Waals surface area contributed by atoms with E-state index in [9.17, 15) is 4.79 Å². The summed E-state index contributed by atoms with van der Waals surface area (Å²) in [6.07, 6.45) is 12.6. The minimum absolute atomic E-state index is 0.0548. The largest absolute Gasteiger partial charge is 0.369 e. The summed E-state index contributed by atoms with van der Waals surface area (Å²) in [5.41, 5.74) is 5.47. The molecule has 0 spiro atoms. The van der Waals surface area contributed by atoms with E-state index in [1.807, 2.05) is 0 Å². The number of rotatable bonds is 6. The Kier molecular flexibility index (Phi) is 3.36. The number of carbonyl (C=O) groups is 1. The Morgan fingerprint density at radius 1 is 1.38 bits per heavy atom. The summed E-state index contributed by atoms with van der Waals surface area (Å²) in [7, 11) is 0. The molecule has 3 unspecified atom stereocenters. The number of hydrogen-bond donors (Lipinski definition) is 1. The topological polar surface area (TPSA) is 43.1 Å². The predicted molar refractivity (Wildman–Crippen MR) is 65.7 cm³/mol. The van der Waals surface area contributed by atoms with E-state index in [0.29, 0.717) is 11.8 Å². The summed E-state index contributed by atoms with van der Waals surface area (Å²) in [5, 5.41) is 0. The Hall–Kier alpha value is -0.790. The van der Waals surface area contributed by atoms with Crippen LogP contribution in [0.4, 0.5) is 0 Å². The van der Waals surface area contributed by atoms with Crippen LogP contribution in [0.1, 0.15) is 51.9 Å². The molecule has 2 nitrogen and oxygen atoms in total. The maximum Gasteiger partial charge on any atom is 0.224 e. The second-order valence-electron chi connectivity index (χ2n) is 5.52. The molecule has 2 N–H and O–H groups in total. The number of amides is 1. The van der Waals surface area contributed by atoms with Crippen LogP contribution in [0.25, 0.3) is 0 Å². The maximum absolute atomic E-state index is 11.8. The maximum atomic E-state index is 11.8. The van der Waals surface area contributed by atoms with Gasteiger partial charge in [-0.05, 0) is 31.1 Å². The lowest BCUT2D eigenvalue weighted by atomic mass is 9.71. The van der Waals surface area contributed by atoms with Crippen molar-refractivity contribution in [2.45, 2.75) is 51.9 Å². The first-order valence-corrected chi connectivity index (χ1v) is 6.67. The van der Waals surface area contributed by atoms with E-state index in [0.717, 1.165) is 25.7 Å². The van der Waals surface area contributed by atoms with Gasteiger partial charge in [0.2, 0.25) is 5.91 Å². The third-order valence-corrected chi connectivity index (χ3v) is 4.48. The van der Waals surface area contributed by atoms with Crippen LogP contribution in [0.2, 0.25) is 0 Å². The summed E-state index contributed by atoms with van der Waals surface area (Å²) in [6, 6.07) is 0. The number of unbranched alkanes of at least 4 members (excludes halogenated alkanes) is 3. The molecular weight excluding hydrogens is 198 g/mol. The van der Waals surface area contributed by atoms with E-state index in [1.54, 1.807) is 0 Å². The van der Waals surface area contributed by atoms with Crippen LogP contribution in [0, 0.1) is 17.3 Å². The van der Waals surface area contributed by atoms with Crippen molar-refractivity contribution in [3.63, 3.8) is 0 Å². The normalized spacial score (nSPS) is 35.8. The molecule has 0 aliphatic heterocycles. The van der Waals surface area contributed by atoms with E-state index in [1.165, 1.54) is 19.3 Å². The second-order valence-corrected chi connectivity index (χ2v) is 5.52. The average molecular weight is 221 g/mol. The predicted octanol–water partition coefficient (Wildman–Crippen LogP) is 3.02. The highest BCUT2D eigenvalue weighted by molar-refractivity contribution is 5.82. The van der Waals surface area contributed by atoms with Gasteiger partial charge < -0.3 is 5.73 Å². The van der Waals surface area contributed by atoms with Crippen molar-refractivity contribution in [3.8, 4) is 0 Å². The Bertz CT molecular complexity index is 297. The van der Waals surface area contributed by atoms with Gasteiger partial charge in [-0.1, -0.05) is 44.8 Å². The van der Waals surface area contributed by atoms with E-state index >= 15 is 0 Å². The molecule has 16 heavy (non-hydrogen) atoms. The quantitative estimate of drug-likeness (QED) is 0.543. The zero-order valence-corrected chi connectivity index (χ0v) is 10.2. The van der Waals surface area contributed by atoms with Crippen molar-refractivity contribution in [1.29, 1.82) is 0 Å². The first kappa shape index (κ1) is 11.7. The number of primary amides is 1. The van der Waals surface area contributed by atoms with Crippen LogP contribution >= 0.6 is 0 Å². The molecular formula is C14H23NO. The monoisotopic (exact) mass is 221 g/mol. The van der Waals surface area contributed by atoms with Crippen molar-refractivity contribution < 1.29 is 4.79 Å². The van der Waals surface area contributed by atoms with Gasteiger partial charge in [-0.25, -0.2) is 0 Å². The van der Waals surface area contributed by atoms with Gasteiger partial charge in [0.25, 0.3) is 0 Å². The van der Waals surface area contributed by atoms with Crippen molar-refractivity contribution in [2.75, 3.05) is 0 Å². The van der Waals surface area contributed by atoms with Gasteiger partial charge in [0.05, 0.1) is 5.41 Å². The lowest BCUT2D eigenvalue weighted by Crippen LogP contribution is -2.40. The van der Waals surface area contributed by atoms with E-state index < -0.39 is 0 Å². The Labute approximate surface area is 98.3 Å². The molecule has 3 atom stereocenters. The van der Waals surface area contributed by atoms with Gasteiger partial charge in [0.15, 0.2) is 0 Å². The molecule has 2 heteroatoms. The second kappa shape index (κ2) is 4.60. The summed E-state index contributed by atoms with van der Waals surface area (Å²) >= 11 is 0. The third-order valence-electron chi connectivity index (χ3n) is 4.48.